The molecule has 0 aromatic carbocycles. The molecule has 0 spiro atoms. The maximum atomic E-state index is 9.78. The Kier molecular flexibility index (Phi) is 2.58. The molecule has 0 aliphatic carbocycles. The molecule has 3 nitrogen and oxygen atoms in total. The molecule has 2 saturated heterocycles. The maximum absolute atomic E-state index is 9.78. The lowest BCUT2D eigenvalue weighted by atomic mass is 9.87. The van der Waals surface area contributed by atoms with Crippen molar-refractivity contribution < 1.29 is 9.84 Å². The number of aliphatic hydroxyl groups excluding tert-OH is 1. The summed E-state index contributed by atoms with van der Waals surface area (Å²) < 4.78 is 5.18. The fraction of sp³-hybridized carbons (Fsp3) is 1.00. The van der Waals surface area contributed by atoms with E-state index in [0.717, 1.165) is 26.3 Å². The van der Waals surface area contributed by atoms with E-state index in [9.17, 15) is 5.11 Å². The van der Waals surface area contributed by atoms with Crippen molar-refractivity contribution in [3.63, 3.8) is 0 Å². The highest BCUT2D eigenvalue weighted by molar-refractivity contribution is 4.87. The molecular formula is C10H19NO2. The Balaban J connectivity index is 1.92. The van der Waals surface area contributed by atoms with Gasteiger partial charge in [-0.15, -0.1) is 0 Å². The number of hydrogen-bond donors (Lipinski definition) is 1. The van der Waals surface area contributed by atoms with Gasteiger partial charge in [0.2, 0.25) is 0 Å². The third-order valence-electron chi connectivity index (χ3n) is 3.35. The molecule has 2 unspecified atom stereocenters. The van der Waals surface area contributed by atoms with Gasteiger partial charge in [0.25, 0.3) is 0 Å². The average molecular weight is 185 g/mol. The van der Waals surface area contributed by atoms with E-state index >= 15 is 0 Å². The molecule has 76 valence electrons. The third kappa shape index (κ3) is 1.73. The number of likely N-dealkylation sites (tertiary alicyclic amines) is 1. The molecular weight excluding hydrogens is 166 g/mol. The number of nitrogens with zero attached hydrogens (tertiary/aromatic N) is 1. The average Bonchev–Trinajstić information content (AvgIpc) is 1.96. The van der Waals surface area contributed by atoms with E-state index in [4.69, 9.17) is 4.74 Å². The fourth-order valence-electron chi connectivity index (χ4n) is 2.32. The summed E-state index contributed by atoms with van der Waals surface area (Å²) in [5, 5.41) is 9.78. The first kappa shape index (κ1) is 9.44. The van der Waals surface area contributed by atoms with E-state index in [2.05, 4.69) is 18.7 Å². The van der Waals surface area contributed by atoms with E-state index in [1.54, 1.807) is 0 Å². The first-order valence-electron chi connectivity index (χ1n) is 5.18. The minimum Gasteiger partial charge on any atom is -0.392 e. The first-order chi connectivity index (χ1) is 6.18. The van der Waals surface area contributed by atoms with Gasteiger partial charge in [-0.25, -0.2) is 0 Å². The maximum Gasteiger partial charge on any atom is 0.0645 e. The first-order valence-corrected chi connectivity index (χ1v) is 5.18. The van der Waals surface area contributed by atoms with Crippen LogP contribution in [0.15, 0.2) is 0 Å². The highest BCUT2D eigenvalue weighted by atomic mass is 16.5. The number of piperidine rings is 1. The topological polar surface area (TPSA) is 32.7 Å². The van der Waals surface area contributed by atoms with Crippen molar-refractivity contribution >= 4 is 0 Å². The summed E-state index contributed by atoms with van der Waals surface area (Å²) in [5.41, 5.74) is 0. The molecule has 0 saturated carbocycles. The highest BCUT2D eigenvalue weighted by Crippen LogP contribution is 2.25. The van der Waals surface area contributed by atoms with Crippen LogP contribution in [0, 0.1) is 11.8 Å². The lowest BCUT2D eigenvalue weighted by Gasteiger charge is -2.45. The van der Waals surface area contributed by atoms with E-state index in [0.29, 0.717) is 17.9 Å². The molecule has 2 heterocycles. The summed E-state index contributed by atoms with van der Waals surface area (Å²) in [6.07, 6.45) is -0.114. The molecule has 0 aromatic heterocycles. The molecule has 0 aromatic rings. The predicted octanol–water partition coefficient (Wildman–Crippen LogP) is 0.334. The molecule has 1 N–H and O–H groups in total. The summed E-state index contributed by atoms with van der Waals surface area (Å²) >= 11 is 0. The van der Waals surface area contributed by atoms with Crippen LogP contribution in [0.2, 0.25) is 0 Å². The zero-order chi connectivity index (χ0) is 9.42. The Bertz CT molecular complexity index is 170. The molecule has 0 radical (unpaired) electrons. The van der Waals surface area contributed by atoms with Crippen LogP contribution in [0.4, 0.5) is 0 Å². The quantitative estimate of drug-likeness (QED) is 0.639. The predicted molar refractivity (Wildman–Crippen MR) is 50.5 cm³/mol. The second kappa shape index (κ2) is 3.56. The minimum absolute atomic E-state index is 0.114. The van der Waals surface area contributed by atoms with Crippen LogP contribution in [0.3, 0.4) is 0 Å². The monoisotopic (exact) mass is 185 g/mol. The van der Waals surface area contributed by atoms with Gasteiger partial charge in [0.05, 0.1) is 25.4 Å². The van der Waals surface area contributed by atoms with Crippen LogP contribution in [0.25, 0.3) is 0 Å². The molecule has 2 fully saturated rings. The molecule has 3 heteroatoms. The Morgan fingerprint density at radius 1 is 1.15 bits per heavy atom. The Morgan fingerprint density at radius 2 is 1.69 bits per heavy atom. The van der Waals surface area contributed by atoms with Gasteiger partial charge in [-0.2, -0.15) is 0 Å². The van der Waals surface area contributed by atoms with Crippen molar-refractivity contribution in [2.24, 2.45) is 11.8 Å². The molecule has 2 rings (SSSR count). The smallest absolute Gasteiger partial charge is 0.0645 e. The Hall–Kier alpha value is -0.120. The summed E-state index contributed by atoms with van der Waals surface area (Å²) in [5.74, 6) is 0.814. The molecule has 0 amide bonds. The summed E-state index contributed by atoms with van der Waals surface area (Å²) in [6.45, 7) is 8.09. The fourth-order valence-corrected chi connectivity index (χ4v) is 2.32. The number of hydrogen-bond acceptors (Lipinski definition) is 3. The van der Waals surface area contributed by atoms with Crippen molar-refractivity contribution in [2.45, 2.75) is 26.0 Å². The number of rotatable bonds is 1. The SMILES string of the molecule is CC1CN(C2COC2)CC(C)C1O. The van der Waals surface area contributed by atoms with Crippen LogP contribution >= 0.6 is 0 Å². The van der Waals surface area contributed by atoms with Gasteiger partial charge in [-0.05, 0) is 11.8 Å². The highest BCUT2D eigenvalue weighted by Gasteiger charge is 2.35. The van der Waals surface area contributed by atoms with E-state index in [-0.39, 0.29) is 6.10 Å². The van der Waals surface area contributed by atoms with Gasteiger partial charge in [-0.3, -0.25) is 4.90 Å². The van der Waals surface area contributed by atoms with Crippen molar-refractivity contribution in [3.8, 4) is 0 Å². The van der Waals surface area contributed by atoms with Crippen LogP contribution in [-0.4, -0.2) is 48.5 Å². The normalized spacial score (nSPS) is 43.2. The van der Waals surface area contributed by atoms with Crippen LogP contribution in [0.5, 0.6) is 0 Å². The third-order valence-corrected chi connectivity index (χ3v) is 3.35. The van der Waals surface area contributed by atoms with Gasteiger partial charge in [0, 0.05) is 13.1 Å². The van der Waals surface area contributed by atoms with E-state index in [1.165, 1.54) is 0 Å². The van der Waals surface area contributed by atoms with Crippen molar-refractivity contribution in [1.29, 1.82) is 0 Å². The largest absolute Gasteiger partial charge is 0.392 e. The van der Waals surface area contributed by atoms with Gasteiger partial charge in [0.1, 0.15) is 0 Å². The Morgan fingerprint density at radius 3 is 2.08 bits per heavy atom. The van der Waals surface area contributed by atoms with E-state index in [1.807, 2.05) is 0 Å². The molecule has 13 heavy (non-hydrogen) atoms. The van der Waals surface area contributed by atoms with Crippen LogP contribution in [-0.2, 0) is 4.74 Å². The molecule has 2 aliphatic heterocycles. The van der Waals surface area contributed by atoms with Gasteiger partial charge >= 0.3 is 0 Å². The Labute approximate surface area is 79.7 Å². The lowest BCUT2D eigenvalue weighted by molar-refractivity contribution is -0.104. The van der Waals surface area contributed by atoms with Crippen LogP contribution in [0.1, 0.15) is 13.8 Å². The van der Waals surface area contributed by atoms with Crippen molar-refractivity contribution in [3.05, 3.63) is 0 Å². The molecule has 2 atom stereocenters. The number of aliphatic hydroxyl groups is 1. The summed E-state index contributed by atoms with van der Waals surface area (Å²) in [4.78, 5) is 2.46. The molecule has 2 aliphatic rings. The van der Waals surface area contributed by atoms with Gasteiger partial charge in [0.15, 0.2) is 0 Å². The summed E-state index contributed by atoms with van der Waals surface area (Å²) in [7, 11) is 0. The number of ether oxygens (including phenoxy) is 1. The zero-order valence-corrected chi connectivity index (χ0v) is 8.44. The van der Waals surface area contributed by atoms with Gasteiger partial charge in [-0.1, -0.05) is 13.8 Å². The van der Waals surface area contributed by atoms with Crippen molar-refractivity contribution in [2.75, 3.05) is 26.3 Å². The second-order valence-corrected chi connectivity index (χ2v) is 4.59. The van der Waals surface area contributed by atoms with E-state index < -0.39 is 0 Å². The lowest BCUT2D eigenvalue weighted by Crippen LogP contribution is -2.57. The molecule has 0 bridgehead atoms. The van der Waals surface area contributed by atoms with Crippen LogP contribution < -0.4 is 0 Å². The zero-order valence-electron chi connectivity index (χ0n) is 8.44. The standard InChI is InChI=1S/C10H19NO2/c1-7-3-11(9-5-13-6-9)4-8(2)10(7)12/h7-10,12H,3-6H2,1-2H3. The minimum atomic E-state index is -0.114. The second-order valence-electron chi connectivity index (χ2n) is 4.59. The summed E-state index contributed by atoms with van der Waals surface area (Å²) in [6, 6.07) is 0.623. The van der Waals surface area contributed by atoms with Crippen molar-refractivity contribution in [1.82, 2.24) is 4.90 Å². The van der Waals surface area contributed by atoms with Gasteiger partial charge < -0.3 is 9.84 Å².